The van der Waals surface area contributed by atoms with Crippen molar-refractivity contribution in [1.29, 1.82) is 0 Å². The maximum Gasteiger partial charge on any atom is 0.191 e. The van der Waals surface area contributed by atoms with Gasteiger partial charge in [-0.15, -0.1) is 24.0 Å². The third-order valence-corrected chi connectivity index (χ3v) is 6.75. The van der Waals surface area contributed by atoms with Crippen LogP contribution in [-0.2, 0) is 12.6 Å². The minimum atomic E-state index is -1.05. The zero-order valence-corrected chi connectivity index (χ0v) is 22.1. The highest BCUT2D eigenvalue weighted by atomic mass is 127. The number of guanidine groups is 1. The Morgan fingerprint density at radius 2 is 1.84 bits per heavy atom. The lowest BCUT2D eigenvalue weighted by molar-refractivity contribution is 0.0172. The summed E-state index contributed by atoms with van der Waals surface area (Å²) >= 11 is 0. The van der Waals surface area contributed by atoms with Gasteiger partial charge in [-0.3, -0.25) is 9.58 Å². The van der Waals surface area contributed by atoms with E-state index in [2.05, 4.69) is 39.5 Å². The van der Waals surface area contributed by atoms with Crippen molar-refractivity contribution in [2.24, 2.45) is 12.0 Å². The van der Waals surface area contributed by atoms with Crippen LogP contribution in [0.3, 0.4) is 0 Å². The fourth-order valence-electron chi connectivity index (χ4n) is 4.62. The van der Waals surface area contributed by atoms with Crippen molar-refractivity contribution in [3.05, 3.63) is 18.0 Å². The minimum absolute atomic E-state index is 0. The summed E-state index contributed by atoms with van der Waals surface area (Å²) in [7, 11) is 4.08. The molecule has 31 heavy (non-hydrogen) atoms. The van der Waals surface area contributed by atoms with Gasteiger partial charge in [-0.2, -0.15) is 5.10 Å². The zero-order valence-electron chi connectivity index (χ0n) is 19.7. The lowest BCUT2D eigenvalue weighted by Crippen LogP contribution is -2.62. The molecule has 0 bridgehead atoms. The molecule has 1 unspecified atom stereocenters. The highest BCUT2D eigenvalue weighted by molar-refractivity contribution is 14.0. The van der Waals surface area contributed by atoms with Gasteiger partial charge in [0, 0.05) is 37.4 Å². The first-order valence-corrected chi connectivity index (χ1v) is 11.5. The molecule has 0 radical (unpaired) electrons. The number of aromatic nitrogens is 2. The van der Waals surface area contributed by atoms with E-state index in [0.29, 0.717) is 0 Å². The maximum atomic E-state index is 10.9. The van der Waals surface area contributed by atoms with Gasteiger partial charge in [0.25, 0.3) is 0 Å². The molecule has 0 amide bonds. The SMILES string of the molecule is CCNC(=NCC(C)(O)c1cnn(C)c1)NCC1(N2CCCCC2)CCN(C)CC1.I. The summed E-state index contributed by atoms with van der Waals surface area (Å²) in [5.74, 6) is 0.775. The molecule has 1 aromatic rings. The molecule has 0 aliphatic carbocycles. The molecule has 2 fully saturated rings. The number of nitrogens with zero attached hydrogens (tertiary/aromatic N) is 5. The van der Waals surface area contributed by atoms with Crippen molar-refractivity contribution in [3.63, 3.8) is 0 Å². The molecule has 0 spiro atoms. The number of aliphatic hydroxyl groups is 1. The summed E-state index contributed by atoms with van der Waals surface area (Å²) in [4.78, 5) is 9.89. The van der Waals surface area contributed by atoms with Crippen molar-refractivity contribution in [2.45, 2.75) is 57.1 Å². The Hall–Kier alpha value is -0.910. The van der Waals surface area contributed by atoms with Crippen molar-refractivity contribution >= 4 is 29.9 Å². The van der Waals surface area contributed by atoms with Gasteiger partial charge in [0.1, 0.15) is 5.60 Å². The van der Waals surface area contributed by atoms with E-state index in [4.69, 9.17) is 4.99 Å². The van der Waals surface area contributed by atoms with Crippen molar-refractivity contribution < 1.29 is 5.11 Å². The highest BCUT2D eigenvalue weighted by Gasteiger charge is 2.39. The van der Waals surface area contributed by atoms with Crippen LogP contribution >= 0.6 is 24.0 Å². The monoisotopic (exact) mass is 547 g/mol. The van der Waals surface area contributed by atoms with E-state index in [1.807, 2.05) is 13.2 Å². The molecular weight excluding hydrogens is 505 g/mol. The number of nitrogens with one attached hydrogen (secondary N) is 2. The molecule has 2 aliphatic rings. The number of aryl methyl sites for hydroxylation is 1. The molecule has 9 heteroatoms. The van der Waals surface area contributed by atoms with E-state index in [0.717, 1.165) is 37.7 Å². The molecule has 2 saturated heterocycles. The second kappa shape index (κ2) is 11.8. The first-order valence-electron chi connectivity index (χ1n) is 11.5. The topological polar surface area (TPSA) is 80.9 Å². The summed E-state index contributed by atoms with van der Waals surface area (Å²) < 4.78 is 1.71. The lowest BCUT2D eigenvalue weighted by Gasteiger charge is -2.50. The van der Waals surface area contributed by atoms with Crippen LogP contribution < -0.4 is 10.6 Å². The third kappa shape index (κ3) is 7.03. The van der Waals surface area contributed by atoms with E-state index in [-0.39, 0.29) is 36.1 Å². The second-order valence-corrected chi connectivity index (χ2v) is 9.30. The predicted octanol–water partition coefficient (Wildman–Crippen LogP) is 1.75. The number of hydrogen-bond donors (Lipinski definition) is 3. The Balaban J connectivity index is 0.00000341. The van der Waals surface area contributed by atoms with E-state index in [1.54, 1.807) is 17.8 Å². The van der Waals surface area contributed by atoms with Crippen LogP contribution in [0.25, 0.3) is 0 Å². The van der Waals surface area contributed by atoms with Crippen LogP contribution in [0.2, 0.25) is 0 Å². The van der Waals surface area contributed by atoms with Crippen molar-refractivity contribution in [2.75, 3.05) is 52.9 Å². The van der Waals surface area contributed by atoms with E-state index >= 15 is 0 Å². The molecule has 0 aromatic carbocycles. The first-order chi connectivity index (χ1) is 14.3. The largest absolute Gasteiger partial charge is 0.383 e. The van der Waals surface area contributed by atoms with Crippen LogP contribution in [0.5, 0.6) is 0 Å². The van der Waals surface area contributed by atoms with Gasteiger partial charge in [0.2, 0.25) is 0 Å². The number of likely N-dealkylation sites (tertiary alicyclic amines) is 2. The fourth-order valence-corrected chi connectivity index (χ4v) is 4.62. The van der Waals surface area contributed by atoms with Crippen LogP contribution in [0.4, 0.5) is 0 Å². The lowest BCUT2D eigenvalue weighted by atomic mass is 9.84. The van der Waals surface area contributed by atoms with Gasteiger partial charge in [-0.1, -0.05) is 6.42 Å². The van der Waals surface area contributed by atoms with Gasteiger partial charge in [0.05, 0.1) is 12.7 Å². The number of halogens is 1. The molecule has 1 atom stereocenters. The van der Waals surface area contributed by atoms with Gasteiger partial charge in [-0.05, 0) is 72.8 Å². The summed E-state index contributed by atoms with van der Waals surface area (Å²) in [5.41, 5.74) is -0.0753. The molecule has 3 rings (SSSR count). The van der Waals surface area contributed by atoms with Crippen molar-refractivity contribution in [3.8, 4) is 0 Å². The summed E-state index contributed by atoms with van der Waals surface area (Å²) in [6.07, 6.45) is 9.89. The van der Waals surface area contributed by atoms with E-state index in [9.17, 15) is 5.11 Å². The Morgan fingerprint density at radius 3 is 2.42 bits per heavy atom. The quantitative estimate of drug-likeness (QED) is 0.274. The maximum absolute atomic E-state index is 10.9. The second-order valence-electron chi connectivity index (χ2n) is 9.30. The summed E-state index contributed by atoms with van der Waals surface area (Å²) in [6.45, 7) is 10.5. The van der Waals surface area contributed by atoms with Gasteiger partial charge in [0.15, 0.2) is 5.96 Å². The number of rotatable bonds is 7. The zero-order chi connectivity index (χ0) is 21.6. The summed E-state index contributed by atoms with van der Waals surface area (Å²) in [6, 6.07) is 0. The average Bonchev–Trinajstić information content (AvgIpc) is 3.19. The predicted molar refractivity (Wildman–Crippen MR) is 137 cm³/mol. The number of hydrogen-bond acceptors (Lipinski definition) is 5. The average molecular weight is 548 g/mol. The Morgan fingerprint density at radius 1 is 1.16 bits per heavy atom. The number of piperidine rings is 2. The molecule has 178 valence electrons. The van der Waals surface area contributed by atoms with Gasteiger partial charge < -0.3 is 20.6 Å². The van der Waals surface area contributed by atoms with E-state index < -0.39 is 5.60 Å². The molecule has 3 N–H and O–H groups in total. The smallest absolute Gasteiger partial charge is 0.191 e. The van der Waals surface area contributed by atoms with Crippen LogP contribution in [0.15, 0.2) is 17.4 Å². The molecular formula is C22H42IN7O. The van der Waals surface area contributed by atoms with Crippen molar-refractivity contribution in [1.82, 2.24) is 30.2 Å². The standard InChI is InChI=1S/C22H41N7O.HI/c1-5-23-20(24-17-21(2,30)19-15-26-28(4)16-19)25-18-22(9-13-27(3)14-10-22)29-11-7-6-8-12-29;/h15-16,30H,5-14,17-18H2,1-4H3,(H2,23,24,25);1H. The van der Waals surface area contributed by atoms with Gasteiger partial charge >= 0.3 is 0 Å². The Labute approximate surface area is 204 Å². The highest BCUT2D eigenvalue weighted by Crippen LogP contribution is 2.31. The van der Waals surface area contributed by atoms with E-state index in [1.165, 1.54) is 45.2 Å². The van der Waals surface area contributed by atoms with Crippen LogP contribution in [0.1, 0.15) is 51.5 Å². The Bertz CT molecular complexity index is 692. The van der Waals surface area contributed by atoms with Crippen LogP contribution in [-0.4, -0.2) is 89.0 Å². The fraction of sp³-hybridized carbons (Fsp3) is 0.818. The third-order valence-electron chi connectivity index (χ3n) is 6.75. The normalized spacial score (nSPS) is 22.4. The Kier molecular flexibility index (Phi) is 10.0. The minimum Gasteiger partial charge on any atom is -0.383 e. The molecule has 2 aliphatic heterocycles. The molecule has 1 aromatic heterocycles. The molecule has 0 saturated carbocycles. The van der Waals surface area contributed by atoms with Crippen LogP contribution in [0, 0.1) is 0 Å². The first kappa shape index (κ1) is 26.3. The molecule has 3 heterocycles. The summed E-state index contributed by atoms with van der Waals surface area (Å²) in [5, 5.41) is 22.0. The number of aliphatic imine (C=N–C) groups is 1. The van der Waals surface area contributed by atoms with Gasteiger partial charge in [-0.25, -0.2) is 4.99 Å². The molecule has 8 nitrogen and oxygen atoms in total.